The predicted molar refractivity (Wildman–Crippen MR) is 101 cm³/mol. The molecule has 2 aromatic carbocycles. The molecule has 0 fully saturated rings. The van der Waals surface area contributed by atoms with Crippen molar-refractivity contribution >= 4 is 62.4 Å². The van der Waals surface area contributed by atoms with Crippen LogP contribution < -0.4 is 9.47 Å². The fourth-order valence-electron chi connectivity index (χ4n) is 2.09. The standard InChI is InChI=1S/C18H14BrNO4.Na.H/c1-11(18(21)22)23-14-5-7-15(8-6-14)24-17-9-3-12-2-4-13(19)10-16(12)20-17;;/h2-11H,1H3,(H,21,22);;/t11-;;/m1../s1. The van der Waals surface area contributed by atoms with E-state index in [1.165, 1.54) is 6.92 Å². The van der Waals surface area contributed by atoms with Gasteiger partial charge in [-0.25, -0.2) is 9.78 Å². The van der Waals surface area contributed by atoms with Gasteiger partial charge in [-0.1, -0.05) is 22.0 Å². The summed E-state index contributed by atoms with van der Waals surface area (Å²) in [4.78, 5) is 15.2. The number of rotatable bonds is 5. The fourth-order valence-corrected chi connectivity index (χ4v) is 2.44. The van der Waals surface area contributed by atoms with Gasteiger partial charge in [0.25, 0.3) is 0 Å². The molecule has 0 saturated carbocycles. The molecule has 1 atom stereocenters. The predicted octanol–water partition coefficient (Wildman–Crippen LogP) is 3.99. The summed E-state index contributed by atoms with van der Waals surface area (Å²) in [6, 6.07) is 16.3. The van der Waals surface area contributed by atoms with Crippen LogP contribution in [0.5, 0.6) is 17.4 Å². The number of hydrogen-bond donors (Lipinski definition) is 1. The van der Waals surface area contributed by atoms with Gasteiger partial charge in [0.15, 0.2) is 6.10 Å². The van der Waals surface area contributed by atoms with Crippen molar-refractivity contribution in [3.05, 3.63) is 59.1 Å². The topological polar surface area (TPSA) is 68.7 Å². The number of aromatic nitrogens is 1. The normalized spacial score (nSPS) is 11.4. The molecule has 0 aliphatic carbocycles. The van der Waals surface area contributed by atoms with Gasteiger partial charge in [-0.3, -0.25) is 0 Å². The SMILES string of the molecule is C[C@@H](Oc1ccc(Oc2ccc3ccc(Br)cc3n2)cc1)C(=O)O.[NaH]. The number of benzene rings is 2. The first kappa shape index (κ1) is 19.7. The van der Waals surface area contributed by atoms with E-state index in [0.29, 0.717) is 17.4 Å². The van der Waals surface area contributed by atoms with E-state index in [1.54, 1.807) is 30.3 Å². The monoisotopic (exact) mass is 411 g/mol. The first-order valence-corrected chi connectivity index (χ1v) is 8.04. The second kappa shape index (κ2) is 8.67. The summed E-state index contributed by atoms with van der Waals surface area (Å²) >= 11 is 3.42. The van der Waals surface area contributed by atoms with Crippen LogP contribution in [-0.2, 0) is 4.79 Å². The summed E-state index contributed by atoms with van der Waals surface area (Å²) in [5.74, 6) is 0.523. The molecule has 1 N–H and O–H groups in total. The van der Waals surface area contributed by atoms with Gasteiger partial charge < -0.3 is 14.6 Å². The first-order valence-electron chi connectivity index (χ1n) is 7.25. The number of ether oxygens (including phenoxy) is 2. The van der Waals surface area contributed by atoms with Crippen molar-refractivity contribution < 1.29 is 19.4 Å². The molecule has 0 saturated heterocycles. The van der Waals surface area contributed by atoms with Crippen LogP contribution in [0, 0.1) is 0 Å². The second-order valence-electron chi connectivity index (χ2n) is 5.16. The van der Waals surface area contributed by atoms with Crippen molar-refractivity contribution in [2.24, 2.45) is 0 Å². The molecule has 0 spiro atoms. The van der Waals surface area contributed by atoms with Crippen molar-refractivity contribution in [2.75, 3.05) is 0 Å². The summed E-state index contributed by atoms with van der Waals surface area (Å²) in [6.07, 6.45) is -0.905. The van der Waals surface area contributed by atoms with Crippen molar-refractivity contribution in [3.8, 4) is 17.4 Å². The van der Waals surface area contributed by atoms with Gasteiger partial charge in [0.05, 0.1) is 5.52 Å². The maximum atomic E-state index is 10.8. The molecule has 3 aromatic rings. The fraction of sp³-hybridized carbons (Fsp3) is 0.111. The van der Waals surface area contributed by atoms with E-state index in [0.717, 1.165) is 15.4 Å². The molecule has 25 heavy (non-hydrogen) atoms. The average molecular weight is 412 g/mol. The number of pyridine rings is 1. The Kier molecular flexibility index (Phi) is 6.84. The number of halogens is 1. The van der Waals surface area contributed by atoms with Crippen LogP contribution in [0.25, 0.3) is 10.9 Å². The van der Waals surface area contributed by atoms with Gasteiger partial charge in [-0.05, 0) is 49.4 Å². The van der Waals surface area contributed by atoms with E-state index in [1.807, 2.05) is 24.3 Å². The molecular formula is C18H15BrNNaO4. The van der Waals surface area contributed by atoms with E-state index in [2.05, 4.69) is 20.9 Å². The molecule has 1 heterocycles. The summed E-state index contributed by atoms with van der Waals surface area (Å²) in [5, 5.41) is 9.86. The van der Waals surface area contributed by atoms with Crippen molar-refractivity contribution in [1.82, 2.24) is 4.98 Å². The molecule has 3 rings (SSSR count). The molecule has 0 aliphatic heterocycles. The van der Waals surface area contributed by atoms with Gasteiger partial charge in [-0.2, -0.15) is 0 Å². The molecule has 0 unspecified atom stereocenters. The quantitative estimate of drug-likeness (QED) is 0.642. The van der Waals surface area contributed by atoms with Crippen LogP contribution in [-0.4, -0.2) is 51.7 Å². The maximum absolute atomic E-state index is 10.8. The van der Waals surface area contributed by atoms with Gasteiger partial charge in [-0.15, -0.1) is 0 Å². The zero-order valence-electron chi connectivity index (χ0n) is 12.8. The Morgan fingerprint density at radius 2 is 1.72 bits per heavy atom. The first-order chi connectivity index (χ1) is 11.5. The third-order valence-electron chi connectivity index (χ3n) is 3.34. The minimum atomic E-state index is -1.01. The molecule has 0 radical (unpaired) electrons. The summed E-state index contributed by atoms with van der Waals surface area (Å²) in [7, 11) is 0. The number of fused-ring (bicyclic) bond motifs is 1. The zero-order chi connectivity index (χ0) is 17.1. The number of carboxylic acids is 1. The van der Waals surface area contributed by atoms with Crippen LogP contribution in [0.2, 0.25) is 0 Å². The Morgan fingerprint density at radius 1 is 1.08 bits per heavy atom. The third-order valence-corrected chi connectivity index (χ3v) is 3.83. The van der Waals surface area contributed by atoms with E-state index in [9.17, 15) is 4.79 Å². The van der Waals surface area contributed by atoms with Crippen LogP contribution in [0.4, 0.5) is 0 Å². The summed E-state index contributed by atoms with van der Waals surface area (Å²) in [5.41, 5.74) is 0.831. The van der Waals surface area contributed by atoms with Crippen molar-refractivity contribution in [2.45, 2.75) is 13.0 Å². The third kappa shape index (κ3) is 5.19. The molecule has 124 valence electrons. The Labute approximate surface area is 175 Å². The zero-order valence-corrected chi connectivity index (χ0v) is 14.4. The molecule has 0 bridgehead atoms. The number of nitrogens with zero attached hydrogens (tertiary/aromatic N) is 1. The Hall–Kier alpha value is -1.60. The average Bonchev–Trinajstić information content (AvgIpc) is 2.56. The van der Waals surface area contributed by atoms with E-state index in [4.69, 9.17) is 14.6 Å². The van der Waals surface area contributed by atoms with Crippen molar-refractivity contribution in [3.63, 3.8) is 0 Å². The molecular weight excluding hydrogens is 397 g/mol. The van der Waals surface area contributed by atoms with Crippen LogP contribution in [0.1, 0.15) is 6.92 Å². The van der Waals surface area contributed by atoms with E-state index >= 15 is 0 Å². The van der Waals surface area contributed by atoms with Crippen molar-refractivity contribution in [1.29, 1.82) is 0 Å². The van der Waals surface area contributed by atoms with E-state index < -0.39 is 12.1 Å². The summed E-state index contributed by atoms with van der Waals surface area (Å²) < 4.78 is 12.0. The van der Waals surface area contributed by atoms with Crippen LogP contribution >= 0.6 is 15.9 Å². The molecule has 0 amide bonds. The number of hydrogen-bond acceptors (Lipinski definition) is 4. The molecule has 5 nitrogen and oxygen atoms in total. The Bertz CT molecular complexity index is 886. The minimum absolute atomic E-state index is 0. The molecule has 1 aromatic heterocycles. The Balaban J connectivity index is 0.00000225. The number of carbonyl (C=O) groups is 1. The molecule has 0 aliphatic rings. The molecule has 7 heteroatoms. The van der Waals surface area contributed by atoms with Gasteiger partial charge in [0.2, 0.25) is 5.88 Å². The van der Waals surface area contributed by atoms with Crippen LogP contribution in [0.3, 0.4) is 0 Å². The summed E-state index contributed by atoms with van der Waals surface area (Å²) in [6.45, 7) is 1.48. The van der Waals surface area contributed by atoms with Crippen LogP contribution in [0.15, 0.2) is 59.1 Å². The Morgan fingerprint density at radius 3 is 2.40 bits per heavy atom. The van der Waals surface area contributed by atoms with Gasteiger partial charge in [0, 0.05) is 15.9 Å². The second-order valence-corrected chi connectivity index (χ2v) is 6.07. The number of carboxylic acid groups (broad SMARTS) is 1. The van der Waals surface area contributed by atoms with Gasteiger partial charge in [0.1, 0.15) is 11.5 Å². The number of aliphatic carboxylic acids is 1. The van der Waals surface area contributed by atoms with E-state index in [-0.39, 0.29) is 29.6 Å². The van der Waals surface area contributed by atoms with Gasteiger partial charge >= 0.3 is 35.5 Å².